The summed E-state index contributed by atoms with van der Waals surface area (Å²) in [5.74, 6) is 1.81. The highest BCUT2D eigenvalue weighted by Crippen LogP contribution is 2.45. The van der Waals surface area contributed by atoms with E-state index in [9.17, 15) is 10.2 Å². The number of rotatable bonds is 4. The molecule has 2 nitrogen and oxygen atoms in total. The maximum Gasteiger partial charge on any atom is 0.122 e. The lowest BCUT2D eigenvalue weighted by Crippen LogP contribution is -2.15. The van der Waals surface area contributed by atoms with Crippen molar-refractivity contribution in [1.29, 1.82) is 0 Å². The molecule has 35 heavy (non-hydrogen) atoms. The van der Waals surface area contributed by atoms with Gasteiger partial charge in [0.25, 0.3) is 0 Å². The molecule has 2 heteroatoms. The molecule has 4 rings (SSSR count). The van der Waals surface area contributed by atoms with E-state index in [1.807, 2.05) is 0 Å². The summed E-state index contributed by atoms with van der Waals surface area (Å²) in [5.41, 5.74) is 6.78. The van der Waals surface area contributed by atoms with Gasteiger partial charge < -0.3 is 10.2 Å². The molecule has 2 fully saturated rings. The smallest absolute Gasteiger partial charge is 0.122 e. The zero-order valence-corrected chi connectivity index (χ0v) is 23.1. The maximum absolute atomic E-state index is 11.5. The molecule has 2 saturated carbocycles. The van der Waals surface area contributed by atoms with Gasteiger partial charge in [-0.1, -0.05) is 104 Å². The molecule has 2 aromatic carbocycles. The van der Waals surface area contributed by atoms with Gasteiger partial charge in [-0.25, -0.2) is 0 Å². The van der Waals surface area contributed by atoms with E-state index in [0.29, 0.717) is 29.8 Å². The van der Waals surface area contributed by atoms with E-state index in [2.05, 4.69) is 65.8 Å². The Balaban J connectivity index is 1.81. The highest BCUT2D eigenvalue weighted by atomic mass is 16.3. The molecular weight excluding hydrogens is 428 g/mol. The number of phenolic OH excluding ortho intramolecular Hbond substituents is 2. The van der Waals surface area contributed by atoms with Crippen molar-refractivity contribution in [1.82, 2.24) is 0 Å². The fourth-order valence-electron chi connectivity index (χ4n) is 6.23. The van der Waals surface area contributed by atoms with E-state index < -0.39 is 0 Å². The molecule has 2 aromatic rings. The fraction of sp³-hybridized carbons (Fsp3) is 0.636. The summed E-state index contributed by atoms with van der Waals surface area (Å²) >= 11 is 0. The second kappa shape index (κ2) is 10.2. The summed E-state index contributed by atoms with van der Waals surface area (Å²) in [5, 5.41) is 23.1. The van der Waals surface area contributed by atoms with Crippen molar-refractivity contribution in [2.75, 3.05) is 0 Å². The minimum atomic E-state index is 0.00836. The van der Waals surface area contributed by atoms with Gasteiger partial charge in [-0.3, -0.25) is 0 Å². The van der Waals surface area contributed by atoms with E-state index in [4.69, 9.17) is 0 Å². The van der Waals surface area contributed by atoms with Crippen LogP contribution in [0, 0.1) is 0 Å². The van der Waals surface area contributed by atoms with Gasteiger partial charge in [0.1, 0.15) is 11.5 Å². The predicted octanol–water partition coefficient (Wildman–Crippen LogP) is 9.38. The number of benzene rings is 2. The first-order valence-corrected chi connectivity index (χ1v) is 14.2. The zero-order valence-electron chi connectivity index (χ0n) is 23.1. The SMILES string of the molecule is CC(C)(C)c1cc(Cc2cc(C(C)(C)C)cc(C3CCCCC3)c2O)c(O)c(C2CCCCC2)c1. The van der Waals surface area contributed by atoms with Crippen LogP contribution in [0.2, 0.25) is 0 Å². The van der Waals surface area contributed by atoms with Gasteiger partial charge in [0, 0.05) is 6.42 Å². The Labute approximate surface area is 214 Å². The van der Waals surface area contributed by atoms with Crippen LogP contribution in [0.1, 0.15) is 151 Å². The van der Waals surface area contributed by atoms with Crippen LogP contribution in [0.3, 0.4) is 0 Å². The van der Waals surface area contributed by atoms with Crippen LogP contribution in [0.15, 0.2) is 24.3 Å². The monoisotopic (exact) mass is 476 g/mol. The molecule has 0 spiro atoms. The summed E-state index contributed by atoms with van der Waals surface area (Å²) < 4.78 is 0. The second-order valence-electron chi connectivity index (χ2n) is 13.5. The van der Waals surface area contributed by atoms with Crippen LogP contribution in [-0.2, 0) is 17.3 Å². The van der Waals surface area contributed by atoms with E-state index in [1.165, 1.54) is 49.7 Å². The molecule has 0 bridgehead atoms. The molecule has 0 radical (unpaired) electrons. The third kappa shape index (κ3) is 5.89. The molecule has 2 aliphatic rings. The van der Waals surface area contributed by atoms with Crippen molar-refractivity contribution in [3.8, 4) is 11.5 Å². The third-order valence-corrected chi connectivity index (χ3v) is 8.64. The normalized spacial score (nSPS) is 18.7. The fourth-order valence-corrected chi connectivity index (χ4v) is 6.23. The zero-order chi connectivity index (χ0) is 25.4. The molecule has 2 N–H and O–H groups in total. The molecule has 192 valence electrons. The van der Waals surface area contributed by atoms with Crippen LogP contribution in [0.5, 0.6) is 11.5 Å². The topological polar surface area (TPSA) is 40.5 Å². The van der Waals surface area contributed by atoms with Crippen molar-refractivity contribution in [3.63, 3.8) is 0 Å². The summed E-state index contributed by atoms with van der Waals surface area (Å²) in [6.07, 6.45) is 12.8. The van der Waals surface area contributed by atoms with Crippen molar-refractivity contribution in [2.45, 2.75) is 135 Å². The van der Waals surface area contributed by atoms with Gasteiger partial charge in [-0.2, -0.15) is 0 Å². The van der Waals surface area contributed by atoms with Crippen LogP contribution in [0.4, 0.5) is 0 Å². The minimum absolute atomic E-state index is 0.00836. The van der Waals surface area contributed by atoms with Gasteiger partial charge in [0.15, 0.2) is 0 Å². The Morgan fingerprint density at radius 3 is 1.23 bits per heavy atom. The maximum atomic E-state index is 11.5. The van der Waals surface area contributed by atoms with Crippen LogP contribution >= 0.6 is 0 Å². The molecule has 0 aromatic heterocycles. The lowest BCUT2D eigenvalue weighted by molar-refractivity contribution is 0.407. The Hall–Kier alpha value is -1.96. The van der Waals surface area contributed by atoms with Gasteiger partial charge in [0.2, 0.25) is 0 Å². The summed E-state index contributed by atoms with van der Waals surface area (Å²) in [4.78, 5) is 0. The first-order valence-electron chi connectivity index (χ1n) is 14.2. The van der Waals surface area contributed by atoms with Crippen LogP contribution in [-0.4, -0.2) is 10.2 Å². The molecule has 0 amide bonds. The Morgan fingerprint density at radius 1 is 0.571 bits per heavy atom. The second-order valence-corrected chi connectivity index (χ2v) is 13.5. The van der Waals surface area contributed by atoms with E-state index in [1.54, 1.807) is 0 Å². The minimum Gasteiger partial charge on any atom is -0.507 e. The average molecular weight is 477 g/mol. The van der Waals surface area contributed by atoms with Crippen LogP contribution in [0.25, 0.3) is 0 Å². The van der Waals surface area contributed by atoms with Crippen LogP contribution < -0.4 is 0 Å². The molecule has 0 saturated heterocycles. The van der Waals surface area contributed by atoms with Crippen molar-refractivity contribution in [3.05, 3.63) is 57.6 Å². The number of phenols is 2. The third-order valence-electron chi connectivity index (χ3n) is 8.64. The lowest BCUT2D eigenvalue weighted by Gasteiger charge is -2.29. The van der Waals surface area contributed by atoms with E-state index in [0.717, 1.165) is 47.9 Å². The number of hydrogen-bond acceptors (Lipinski definition) is 2. The number of aromatic hydroxyl groups is 2. The molecule has 0 atom stereocenters. The van der Waals surface area contributed by atoms with Crippen molar-refractivity contribution >= 4 is 0 Å². The van der Waals surface area contributed by atoms with Gasteiger partial charge in [0.05, 0.1) is 0 Å². The number of hydrogen-bond donors (Lipinski definition) is 2. The Morgan fingerprint density at radius 2 is 0.914 bits per heavy atom. The Bertz CT molecular complexity index is 939. The predicted molar refractivity (Wildman–Crippen MR) is 148 cm³/mol. The molecule has 0 aliphatic heterocycles. The van der Waals surface area contributed by atoms with Crippen molar-refractivity contribution < 1.29 is 10.2 Å². The molecule has 2 aliphatic carbocycles. The quantitative estimate of drug-likeness (QED) is 0.461. The molecule has 0 heterocycles. The van der Waals surface area contributed by atoms with Gasteiger partial charge in [-0.15, -0.1) is 0 Å². The standard InChI is InChI=1S/C33H48O2/c1-32(2,3)26-18-24(30(34)28(20-26)22-13-9-7-10-14-22)17-25-19-27(33(4,5)6)21-29(31(25)35)23-15-11-8-12-16-23/h18-23,34-35H,7-17H2,1-6H3. The first-order chi connectivity index (χ1) is 16.4. The van der Waals surface area contributed by atoms with E-state index in [-0.39, 0.29) is 10.8 Å². The average Bonchev–Trinajstić information content (AvgIpc) is 2.81. The first kappa shape index (κ1) is 26.1. The van der Waals surface area contributed by atoms with E-state index >= 15 is 0 Å². The van der Waals surface area contributed by atoms with Gasteiger partial charge in [-0.05, 0) is 81.7 Å². The van der Waals surface area contributed by atoms with Crippen molar-refractivity contribution in [2.24, 2.45) is 0 Å². The largest absolute Gasteiger partial charge is 0.507 e. The highest BCUT2D eigenvalue weighted by Gasteiger charge is 2.27. The molecular formula is C33H48O2. The summed E-state index contributed by atoms with van der Waals surface area (Å²) in [7, 11) is 0. The highest BCUT2D eigenvalue weighted by molar-refractivity contribution is 5.54. The summed E-state index contributed by atoms with van der Waals surface area (Å²) in [6.45, 7) is 13.5. The lowest BCUT2D eigenvalue weighted by atomic mass is 9.77. The summed E-state index contributed by atoms with van der Waals surface area (Å²) in [6, 6.07) is 8.94. The Kier molecular flexibility index (Phi) is 7.60. The molecule has 0 unspecified atom stereocenters. The van der Waals surface area contributed by atoms with Gasteiger partial charge >= 0.3 is 0 Å².